The van der Waals surface area contributed by atoms with E-state index in [1.54, 1.807) is 7.05 Å². The first kappa shape index (κ1) is 15.7. The van der Waals surface area contributed by atoms with E-state index in [2.05, 4.69) is 9.72 Å². The first-order valence-corrected chi connectivity index (χ1v) is 6.35. The molecule has 0 fully saturated rings. The highest BCUT2D eigenvalue weighted by molar-refractivity contribution is 6.34. The van der Waals surface area contributed by atoms with E-state index < -0.39 is 0 Å². The van der Waals surface area contributed by atoms with Gasteiger partial charge in [0.05, 0.1) is 12.7 Å². The number of esters is 1. The lowest BCUT2D eigenvalue weighted by Crippen LogP contribution is -2.28. The van der Waals surface area contributed by atoms with E-state index >= 15 is 0 Å². The Morgan fingerprint density at radius 2 is 2.05 bits per heavy atom. The average Bonchev–Trinajstić information content (AvgIpc) is 2.37. The Bertz CT molecular complexity index is 480. The van der Waals surface area contributed by atoms with E-state index in [9.17, 15) is 9.59 Å². The van der Waals surface area contributed by atoms with Crippen LogP contribution in [0.5, 0.6) is 0 Å². The number of hydrogen-bond acceptors (Lipinski definition) is 4. The normalized spacial score (nSPS) is 10.1. The second-order valence-corrected chi connectivity index (χ2v) is 4.62. The van der Waals surface area contributed by atoms with Gasteiger partial charge >= 0.3 is 5.97 Å². The van der Waals surface area contributed by atoms with E-state index in [1.807, 2.05) is 0 Å². The van der Waals surface area contributed by atoms with Gasteiger partial charge in [0.25, 0.3) is 5.91 Å². The van der Waals surface area contributed by atoms with Gasteiger partial charge in [0, 0.05) is 20.0 Å². The molecule has 0 aromatic carbocycles. The molecule has 1 amide bonds. The third kappa shape index (κ3) is 4.69. The smallest absolute Gasteiger partial charge is 0.305 e. The molecule has 0 bridgehead atoms. The minimum Gasteiger partial charge on any atom is -0.469 e. The summed E-state index contributed by atoms with van der Waals surface area (Å²) >= 11 is 11.5. The van der Waals surface area contributed by atoms with Crippen molar-refractivity contribution in [3.05, 3.63) is 28.0 Å². The molecule has 0 aliphatic carbocycles. The summed E-state index contributed by atoms with van der Waals surface area (Å²) in [5.74, 6) is -0.564. The van der Waals surface area contributed by atoms with Crippen molar-refractivity contribution in [3.63, 3.8) is 0 Å². The summed E-state index contributed by atoms with van der Waals surface area (Å²) in [6, 6.07) is 3.03. The molecule has 0 spiro atoms. The van der Waals surface area contributed by atoms with Crippen LogP contribution >= 0.6 is 23.2 Å². The van der Waals surface area contributed by atoms with Gasteiger partial charge in [0.15, 0.2) is 0 Å². The summed E-state index contributed by atoms with van der Waals surface area (Å²) in [4.78, 5) is 28.3. The van der Waals surface area contributed by atoms with E-state index in [0.717, 1.165) is 0 Å². The van der Waals surface area contributed by atoms with Crippen LogP contribution in [0.25, 0.3) is 0 Å². The Balaban J connectivity index is 2.59. The third-order valence-electron chi connectivity index (χ3n) is 2.49. The summed E-state index contributed by atoms with van der Waals surface area (Å²) in [5, 5.41) is 0.298. The molecule has 0 saturated heterocycles. The van der Waals surface area contributed by atoms with E-state index in [0.29, 0.717) is 13.0 Å². The number of nitrogens with zero attached hydrogens (tertiary/aromatic N) is 2. The summed E-state index contributed by atoms with van der Waals surface area (Å²) in [5.41, 5.74) is 0.284. The van der Waals surface area contributed by atoms with E-state index in [-0.39, 0.29) is 34.2 Å². The number of carbonyl (C=O) groups is 2. The lowest BCUT2D eigenvalue weighted by atomic mass is 10.2. The number of pyridine rings is 1. The summed E-state index contributed by atoms with van der Waals surface area (Å²) < 4.78 is 4.52. The number of rotatable bonds is 5. The molecule has 0 aliphatic heterocycles. The molecule has 0 atom stereocenters. The lowest BCUT2D eigenvalue weighted by molar-refractivity contribution is -0.140. The quantitative estimate of drug-likeness (QED) is 0.619. The van der Waals surface area contributed by atoms with Crippen LogP contribution in [0.4, 0.5) is 0 Å². The van der Waals surface area contributed by atoms with Gasteiger partial charge in [-0.3, -0.25) is 9.59 Å². The Hall–Kier alpha value is -1.33. The molecule has 1 rings (SSSR count). The Morgan fingerprint density at radius 1 is 1.37 bits per heavy atom. The van der Waals surface area contributed by atoms with Gasteiger partial charge in [0.1, 0.15) is 10.3 Å². The summed E-state index contributed by atoms with van der Waals surface area (Å²) in [6.45, 7) is 0.424. The maximum Gasteiger partial charge on any atom is 0.305 e. The monoisotopic (exact) mass is 304 g/mol. The van der Waals surface area contributed by atoms with Crippen molar-refractivity contribution in [1.82, 2.24) is 9.88 Å². The molecular formula is C12H14Cl2N2O3. The van der Waals surface area contributed by atoms with Crippen molar-refractivity contribution in [2.24, 2.45) is 0 Å². The predicted molar refractivity (Wildman–Crippen MR) is 72.5 cm³/mol. The number of aromatic nitrogens is 1. The predicted octanol–water partition coefficient (Wildman–Crippen LogP) is 2.41. The molecular weight excluding hydrogens is 291 g/mol. The number of halogens is 2. The van der Waals surface area contributed by atoms with E-state index in [4.69, 9.17) is 23.2 Å². The molecule has 1 aromatic heterocycles. The average molecular weight is 305 g/mol. The number of hydrogen-bond donors (Lipinski definition) is 0. The second kappa shape index (κ2) is 7.31. The molecule has 19 heavy (non-hydrogen) atoms. The number of amides is 1. The van der Waals surface area contributed by atoms with Gasteiger partial charge in [-0.1, -0.05) is 23.2 Å². The van der Waals surface area contributed by atoms with Crippen LogP contribution in [0.1, 0.15) is 23.2 Å². The van der Waals surface area contributed by atoms with Crippen LogP contribution in [-0.4, -0.2) is 42.5 Å². The van der Waals surface area contributed by atoms with Crippen LogP contribution in [0.15, 0.2) is 12.1 Å². The highest BCUT2D eigenvalue weighted by Gasteiger charge is 2.16. The lowest BCUT2D eigenvalue weighted by Gasteiger charge is -2.17. The highest BCUT2D eigenvalue weighted by Crippen LogP contribution is 2.18. The van der Waals surface area contributed by atoms with Crippen LogP contribution < -0.4 is 0 Å². The van der Waals surface area contributed by atoms with Gasteiger partial charge in [-0.2, -0.15) is 0 Å². The van der Waals surface area contributed by atoms with Gasteiger partial charge in [0.2, 0.25) is 0 Å². The van der Waals surface area contributed by atoms with Crippen LogP contribution in [0.2, 0.25) is 10.3 Å². The molecule has 104 valence electrons. The topological polar surface area (TPSA) is 59.5 Å². The number of ether oxygens (including phenoxy) is 1. The maximum atomic E-state index is 12.1. The van der Waals surface area contributed by atoms with Crippen molar-refractivity contribution < 1.29 is 14.3 Å². The Morgan fingerprint density at radius 3 is 2.63 bits per heavy atom. The summed E-state index contributed by atoms with van der Waals surface area (Å²) in [7, 11) is 2.96. The van der Waals surface area contributed by atoms with Gasteiger partial charge in [-0.05, 0) is 18.6 Å². The molecule has 1 heterocycles. The molecule has 0 radical (unpaired) electrons. The minimum atomic E-state index is -0.299. The molecule has 0 unspecified atom stereocenters. The fourth-order valence-corrected chi connectivity index (χ4v) is 1.87. The second-order valence-electron chi connectivity index (χ2n) is 3.88. The maximum absolute atomic E-state index is 12.1. The van der Waals surface area contributed by atoms with Crippen LogP contribution in [0, 0.1) is 0 Å². The Labute approximate surface area is 121 Å². The van der Waals surface area contributed by atoms with Crippen molar-refractivity contribution in [2.75, 3.05) is 20.7 Å². The van der Waals surface area contributed by atoms with Crippen molar-refractivity contribution >= 4 is 35.1 Å². The molecule has 0 aliphatic rings. The SMILES string of the molecule is COC(=O)CCCN(C)C(=O)c1ccc(Cl)nc1Cl. The molecule has 1 aromatic rings. The first-order chi connectivity index (χ1) is 8.95. The van der Waals surface area contributed by atoms with Crippen molar-refractivity contribution in [1.29, 1.82) is 0 Å². The Kier molecular flexibility index (Phi) is 6.05. The van der Waals surface area contributed by atoms with Crippen LogP contribution in [0.3, 0.4) is 0 Å². The molecule has 0 saturated carbocycles. The minimum absolute atomic E-state index is 0.0670. The fourth-order valence-electron chi connectivity index (χ4n) is 1.44. The zero-order chi connectivity index (χ0) is 14.4. The van der Waals surface area contributed by atoms with Crippen LogP contribution in [-0.2, 0) is 9.53 Å². The number of carbonyl (C=O) groups excluding carboxylic acids is 2. The molecule has 5 nitrogen and oxygen atoms in total. The zero-order valence-corrected chi connectivity index (χ0v) is 12.2. The highest BCUT2D eigenvalue weighted by atomic mass is 35.5. The molecule has 0 N–H and O–H groups in total. The van der Waals surface area contributed by atoms with E-state index in [1.165, 1.54) is 24.1 Å². The summed E-state index contributed by atoms with van der Waals surface area (Å²) in [6.07, 6.45) is 0.786. The fraction of sp³-hybridized carbons (Fsp3) is 0.417. The zero-order valence-electron chi connectivity index (χ0n) is 10.7. The first-order valence-electron chi connectivity index (χ1n) is 5.60. The van der Waals surface area contributed by atoms with Crippen molar-refractivity contribution in [2.45, 2.75) is 12.8 Å². The van der Waals surface area contributed by atoms with Gasteiger partial charge < -0.3 is 9.64 Å². The van der Waals surface area contributed by atoms with Gasteiger partial charge in [-0.25, -0.2) is 4.98 Å². The molecule has 7 heteroatoms. The third-order valence-corrected chi connectivity index (χ3v) is 2.99. The largest absolute Gasteiger partial charge is 0.469 e. The standard InChI is InChI=1S/C12H14Cl2N2O3/c1-16(7-3-4-10(17)19-2)12(18)8-5-6-9(13)15-11(8)14/h5-6H,3-4,7H2,1-2H3. The van der Waals surface area contributed by atoms with Crippen molar-refractivity contribution in [3.8, 4) is 0 Å². The van der Waals surface area contributed by atoms with Gasteiger partial charge in [-0.15, -0.1) is 0 Å². The number of methoxy groups -OCH3 is 1.